The number of carbonyl (C=O) groups is 1. The first-order valence-corrected chi connectivity index (χ1v) is 6.59. The number of hydrogen-bond acceptors (Lipinski definition) is 2. The summed E-state index contributed by atoms with van der Waals surface area (Å²) in [7, 11) is 0. The fourth-order valence-corrected chi connectivity index (χ4v) is 2.20. The van der Waals surface area contributed by atoms with Gasteiger partial charge < -0.3 is 10.0 Å². The molecule has 1 amide bonds. The Morgan fingerprint density at radius 3 is 2.28 bits per heavy atom. The molecule has 0 aliphatic heterocycles. The summed E-state index contributed by atoms with van der Waals surface area (Å²) in [4.78, 5) is 14.0. The van der Waals surface area contributed by atoms with Crippen molar-refractivity contribution in [3.63, 3.8) is 0 Å². The number of amides is 1. The summed E-state index contributed by atoms with van der Waals surface area (Å²) in [6.45, 7) is 4.44. The van der Waals surface area contributed by atoms with Crippen LogP contribution in [0.4, 0.5) is 0 Å². The Bertz CT molecular complexity index is 401. The van der Waals surface area contributed by atoms with E-state index in [1.807, 2.05) is 13.8 Å². The molecule has 0 saturated heterocycles. The van der Waals surface area contributed by atoms with Crippen LogP contribution in [0.15, 0.2) is 18.2 Å². The van der Waals surface area contributed by atoms with Gasteiger partial charge in [0.2, 0.25) is 0 Å². The molecule has 1 aromatic carbocycles. The zero-order valence-electron chi connectivity index (χ0n) is 10.5. The van der Waals surface area contributed by atoms with Gasteiger partial charge in [-0.2, -0.15) is 0 Å². The standard InChI is InChI=1S/C13H17Cl2NO2/c1-9(2)16(4-3-5-17)13(18)10-6-11(14)8-12(15)7-10/h6-9,17H,3-5H2,1-2H3. The largest absolute Gasteiger partial charge is 0.396 e. The van der Waals surface area contributed by atoms with Crippen LogP contribution < -0.4 is 0 Å². The maximum absolute atomic E-state index is 12.3. The Morgan fingerprint density at radius 2 is 1.83 bits per heavy atom. The first-order valence-electron chi connectivity index (χ1n) is 5.83. The van der Waals surface area contributed by atoms with Gasteiger partial charge in [-0.15, -0.1) is 0 Å². The lowest BCUT2D eigenvalue weighted by molar-refractivity contribution is 0.0693. The lowest BCUT2D eigenvalue weighted by atomic mass is 10.1. The van der Waals surface area contributed by atoms with Crippen molar-refractivity contribution in [3.05, 3.63) is 33.8 Å². The van der Waals surface area contributed by atoms with Crippen LogP contribution in [0.1, 0.15) is 30.6 Å². The van der Waals surface area contributed by atoms with Crippen LogP contribution in [0.25, 0.3) is 0 Å². The van der Waals surface area contributed by atoms with Crippen LogP contribution in [0.3, 0.4) is 0 Å². The number of hydrogen-bond donors (Lipinski definition) is 1. The molecule has 0 atom stereocenters. The molecular weight excluding hydrogens is 273 g/mol. The summed E-state index contributed by atoms with van der Waals surface area (Å²) in [5, 5.41) is 9.74. The predicted octanol–water partition coefficient (Wildman–Crippen LogP) is 3.23. The summed E-state index contributed by atoms with van der Waals surface area (Å²) in [5.41, 5.74) is 0.471. The van der Waals surface area contributed by atoms with Gasteiger partial charge in [-0.1, -0.05) is 23.2 Å². The van der Waals surface area contributed by atoms with Gasteiger partial charge in [0.05, 0.1) is 0 Å². The fraction of sp³-hybridized carbons (Fsp3) is 0.462. The van der Waals surface area contributed by atoms with Crippen molar-refractivity contribution in [1.82, 2.24) is 4.90 Å². The third-order valence-corrected chi connectivity index (χ3v) is 2.99. The van der Waals surface area contributed by atoms with Crippen LogP contribution in [-0.4, -0.2) is 35.1 Å². The monoisotopic (exact) mass is 289 g/mol. The van der Waals surface area contributed by atoms with E-state index in [2.05, 4.69) is 0 Å². The van der Waals surface area contributed by atoms with Crippen LogP contribution in [0.5, 0.6) is 0 Å². The quantitative estimate of drug-likeness (QED) is 0.904. The summed E-state index contributed by atoms with van der Waals surface area (Å²) >= 11 is 11.8. The molecule has 0 saturated carbocycles. The lowest BCUT2D eigenvalue weighted by Gasteiger charge is -2.26. The van der Waals surface area contributed by atoms with Crippen molar-refractivity contribution in [1.29, 1.82) is 0 Å². The van der Waals surface area contributed by atoms with Crippen LogP contribution in [0, 0.1) is 0 Å². The second-order valence-corrected chi connectivity index (χ2v) is 5.20. The van der Waals surface area contributed by atoms with E-state index in [9.17, 15) is 4.79 Å². The summed E-state index contributed by atoms with van der Waals surface area (Å²) in [6.07, 6.45) is 0.554. The molecule has 0 aliphatic rings. The van der Waals surface area contributed by atoms with E-state index in [-0.39, 0.29) is 18.6 Å². The molecule has 100 valence electrons. The highest BCUT2D eigenvalue weighted by atomic mass is 35.5. The summed E-state index contributed by atoms with van der Waals surface area (Å²) in [6, 6.07) is 4.85. The van der Waals surface area contributed by atoms with Gasteiger partial charge in [-0.25, -0.2) is 0 Å². The highest BCUT2D eigenvalue weighted by Crippen LogP contribution is 2.21. The smallest absolute Gasteiger partial charge is 0.254 e. The molecule has 0 aromatic heterocycles. The number of aliphatic hydroxyl groups excluding tert-OH is 1. The van der Waals surface area contributed by atoms with Crippen LogP contribution in [-0.2, 0) is 0 Å². The number of benzene rings is 1. The van der Waals surface area contributed by atoms with E-state index >= 15 is 0 Å². The molecule has 5 heteroatoms. The van der Waals surface area contributed by atoms with Crippen molar-refractivity contribution in [2.75, 3.05) is 13.2 Å². The van der Waals surface area contributed by atoms with Gasteiger partial charge in [0, 0.05) is 34.8 Å². The molecule has 1 aromatic rings. The average molecular weight is 290 g/mol. The van der Waals surface area contributed by atoms with Gasteiger partial charge in [-0.3, -0.25) is 4.79 Å². The molecule has 0 spiro atoms. The van der Waals surface area contributed by atoms with Gasteiger partial charge >= 0.3 is 0 Å². The van der Waals surface area contributed by atoms with Gasteiger partial charge in [0.15, 0.2) is 0 Å². The van der Waals surface area contributed by atoms with Gasteiger partial charge in [0.25, 0.3) is 5.91 Å². The molecular formula is C13H17Cl2NO2. The normalized spacial score (nSPS) is 10.8. The summed E-state index contributed by atoms with van der Waals surface area (Å²) in [5.74, 6) is -0.122. The Hall–Kier alpha value is -0.770. The molecule has 1 rings (SSSR count). The first-order chi connectivity index (χ1) is 8.45. The highest BCUT2D eigenvalue weighted by molar-refractivity contribution is 6.35. The molecule has 0 fully saturated rings. The Kier molecular flexibility index (Phi) is 5.93. The number of halogens is 2. The predicted molar refractivity (Wildman–Crippen MR) is 74.3 cm³/mol. The highest BCUT2D eigenvalue weighted by Gasteiger charge is 2.19. The molecule has 3 nitrogen and oxygen atoms in total. The van der Waals surface area contributed by atoms with Gasteiger partial charge in [0.1, 0.15) is 0 Å². The third-order valence-electron chi connectivity index (χ3n) is 2.55. The fourth-order valence-electron chi connectivity index (χ4n) is 1.68. The van der Waals surface area contributed by atoms with E-state index in [0.29, 0.717) is 28.6 Å². The number of aliphatic hydroxyl groups is 1. The zero-order chi connectivity index (χ0) is 13.7. The van der Waals surface area contributed by atoms with E-state index in [4.69, 9.17) is 28.3 Å². The van der Waals surface area contributed by atoms with Crippen molar-refractivity contribution in [3.8, 4) is 0 Å². The Labute approximate surface area is 117 Å². The van der Waals surface area contributed by atoms with E-state index in [0.717, 1.165) is 0 Å². The van der Waals surface area contributed by atoms with Gasteiger partial charge in [-0.05, 0) is 38.5 Å². The molecule has 18 heavy (non-hydrogen) atoms. The maximum atomic E-state index is 12.3. The summed E-state index contributed by atoms with van der Waals surface area (Å²) < 4.78 is 0. The van der Waals surface area contributed by atoms with Crippen LogP contribution in [0.2, 0.25) is 10.0 Å². The topological polar surface area (TPSA) is 40.5 Å². The molecule has 0 aliphatic carbocycles. The molecule has 0 heterocycles. The lowest BCUT2D eigenvalue weighted by Crippen LogP contribution is -2.38. The number of carbonyl (C=O) groups excluding carboxylic acids is 1. The SMILES string of the molecule is CC(C)N(CCCO)C(=O)c1cc(Cl)cc(Cl)c1. The van der Waals surface area contributed by atoms with E-state index in [1.165, 1.54) is 0 Å². The number of rotatable bonds is 5. The van der Waals surface area contributed by atoms with E-state index < -0.39 is 0 Å². The Balaban J connectivity index is 2.94. The third kappa shape index (κ3) is 4.16. The number of nitrogens with zero attached hydrogens (tertiary/aromatic N) is 1. The minimum Gasteiger partial charge on any atom is -0.396 e. The Morgan fingerprint density at radius 1 is 1.28 bits per heavy atom. The average Bonchev–Trinajstić information content (AvgIpc) is 2.27. The van der Waals surface area contributed by atoms with Crippen molar-refractivity contribution in [2.45, 2.75) is 26.3 Å². The zero-order valence-corrected chi connectivity index (χ0v) is 12.0. The minimum absolute atomic E-state index is 0.0572. The van der Waals surface area contributed by atoms with Crippen molar-refractivity contribution < 1.29 is 9.90 Å². The minimum atomic E-state index is -0.122. The maximum Gasteiger partial charge on any atom is 0.254 e. The first kappa shape index (κ1) is 15.3. The second-order valence-electron chi connectivity index (χ2n) is 4.33. The molecule has 0 unspecified atom stereocenters. The van der Waals surface area contributed by atoms with Crippen LogP contribution >= 0.6 is 23.2 Å². The second kappa shape index (κ2) is 6.98. The van der Waals surface area contributed by atoms with Crippen molar-refractivity contribution in [2.24, 2.45) is 0 Å². The molecule has 0 radical (unpaired) electrons. The van der Waals surface area contributed by atoms with E-state index in [1.54, 1.807) is 23.1 Å². The van der Waals surface area contributed by atoms with Crippen molar-refractivity contribution >= 4 is 29.1 Å². The molecule has 1 N–H and O–H groups in total. The molecule has 0 bridgehead atoms.